The fourth-order valence-electron chi connectivity index (χ4n) is 0.929. The molecule has 0 saturated heterocycles. The number of nitriles is 1. The summed E-state index contributed by atoms with van der Waals surface area (Å²) in [4.78, 5) is 10.9. The number of nitrogens with zero attached hydrogens (tertiary/aromatic N) is 1. The van der Waals surface area contributed by atoms with Crippen LogP contribution >= 0.6 is 0 Å². The summed E-state index contributed by atoms with van der Waals surface area (Å²) in [6.07, 6.45) is -1.08. The molecule has 0 fully saturated rings. The molecule has 0 aliphatic carbocycles. The second-order valence-electron chi connectivity index (χ2n) is 2.57. The van der Waals surface area contributed by atoms with Crippen LogP contribution in [0.4, 0.5) is 0 Å². The van der Waals surface area contributed by atoms with E-state index < -0.39 is 12.1 Å². The van der Waals surface area contributed by atoms with Crippen molar-refractivity contribution in [1.82, 2.24) is 0 Å². The summed E-state index contributed by atoms with van der Waals surface area (Å²) in [5, 5.41) is 17.6. The molecule has 0 bridgehead atoms. The van der Waals surface area contributed by atoms with Crippen LogP contribution in [0.25, 0.3) is 0 Å². The molecule has 1 rings (SSSR count). The van der Waals surface area contributed by atoms with Crippen molar-refractivity contribution >= 4 is 5.97 Å². The maximum Gasteiger partial charge on any atom is 0.373 e. The summed E-state index contributed by atoms with van der Waals surface area (Å²) >= 11 is 0. The predicted octanol–water partition coefficient (Wildman–Crippen LogP) is 1.01. The first-order valence-electron chi connectivity index (χ1n) is 3.92. The molecule has 14 heavy (non-hydrogen) atoms. The van der Waals surface area contributed by atoms with Crippen LogP contribution in [0.3, 0.4) is 0 Å². The van der Waals surface area contributed by atoms with Gasteiger partial charge in [0.15, 0.2) is 0 Å². The Bertz CT molecular complexity index is 363. The number of hydrogen-bond acceptors (Lipinski definition) is 5. The first kappa shape index (κ1) is 10.3. The smallest absolute Gasteiger partial charge is 0.373 e. The van der Waals surface area contributed by atoms with Crippen LogP contribution < -0.4 is 0 Å². The fourth-order valence-corrected chi connectivity index (χ4v) is 0.929. The van der Waals surface area contributed by atoms with Crippen molar-refractivity contribution in [1.29, 1.82) is 5.26 Å². The molecule has 0 saturated carbocycles. The lowest BCUT2D eigenvalue weighted by Gasteiger charge is -2.00. The monoisotopic (exact) mass is 195 g/mol. The van der Waals surface area contributed by atoms with Crippen LogP contribution in [-0.2, 0) is 4.74 Å². The highest BCUT2D eigenvalue weighted by atomic mass is 16.5. The highest BCUT2D eigenvalue weighted by Gasteiger charge is 2.15. The molecule has 5 heteroatoms. The van der Waals surface area contributed by atoms with Crippen LogP contribution in [0.15, 0.2) is 16.5 Å². The summed E-state index contributed by atoms with van der Waals surface area (Å²) < 4.78 is 9.38. The minimum atomic E-state index is -1.00. The summed E-state index contributed by atoms with van der Waals surface area (Å²) in [7, 11) is 1.23. The second-order valence-corrected chi connectivity index (χ2v) is 2.57. The molecule has 1 aromatic rings. The molecule has 0 aliphatic rings. The zero-order chi connectivity index (χ0) is 10.6. The average molecular weight is 195 g/mol. The largest absolute Gasteiger partial charge is 0.463 e. The summed E-state index contributed by atoms with van der Waals surface area (Å²) in [6, 6.07) is 4.62. The van der Waals surface area contributed by atoms with E-state index in [2.05, 4.69) is 4.74 Å². The molecular formula is C9H9NO4. The molecule has 0 spiro atoms. The Labute approximate surface area is 80.5 Å². The third-order valence-corrected chi connectivity index (χ3v) is 1.63. The van der Waals surface area contributed by atoms with E-state index in [1.165, 1.54) is 19.2 Å². The number of carbonyl (C=O) groups is 1. The van der Waals surface area contributed by atoms with E-state index in [-0.39, 0.29) is 17.9 Å². The van der Waals surface area contributed by atoms with Gasteiger partial charge >= 0.3 is 5.97 Å². The molecule has 5 nitrogen and oxygen atoms in total. The van der Waals surface area contributed by atoms with Crippen molar-refractivity contribution < 1.29 is 19.1 Å². The molecule has 1 atom stereocenters. The number of rotatable bonds is 3. The summed E-state index contributed by atoms with van der Waals surface area (Å²) in [5.41, 5.74) is 0. The van der Waals surface area contributed by atoms with E-state index in [1.54, 1.807) is 6.07 Å². The van der Waals surface area contributed by atoms with Gasteiger partial charge in [-0.15, -0.1) is 0 Å². The van der Waals surface area contributed by atoms with E-state index in [1.807, 2.05) is 0 Å². The van der Waals surface area contributed by atoms with Crippen molar-refractivity contribution in [3.05, 3.63) is 23.7 Å². The van der Waals surface area contributed by atoms with Gasteiger partial charge in [0.05, 0.1) is 19.6 Å². The van der Waals surface area contributed by atoms with Gasteiger partial charge in [0.2, 0.25) is 5.76 Å². The Kier molecular flexibility index (Phi) is 3.26. The highest BCUT2D eigenvalue weighted by Crippen LogP contribution is 2.19. The molecule has 0 aliphatic heterocycles. The lowest BCUT2D eigenvalue weighted by molar-refractivity contribution is 0.0555. The van der Waals surface area contributed by atoms with Gasteiger partial charge in [0, 0.05) is 0 Å². The molecule has 1 heterocycles. The Hall–Kier alpha value is -1.80. The van der Waals surface area contributed by atoms with Crippen molar-refractivity contribution in [3.63, 3.8) is 0 Å². The quantitative estimate of drug-likeness (QED) is 0.727. The van der Waals surface area contributed by atoms with Crippen molar-refractivity contribution in [2.45, 2.75) is 12.5 Å². The van der Waals surface area contributed by atoms with Crippen molar-refractivity contribution in [2.75, 3.05) is 7.11 Å². The van der Waals surface area contributed by atoms with Gasteiger partial charge in [-0.05, 0) is 12.1 Å². The van der Waals surface area contributed by atoms with Crippen LogP contribution in [0.1, 0.15) is 28.8 Å². The van der Waals surface area contributed by atoms with Gasteiger partial charge in [0.25, 0.3) is 0 Å². The van der Waals surface area contributed by atoms with Gasteiger partial charge in [-0.3, -0.25) is 0 Å². The number of methoxy groups -OCH3 is 1. The Balaban J connectivity index is 2.78. The molecule has 0 aromatic carbocycles. The molecule has 74 valence electrons. The number of hydrogen-bond donors (Lipinski definition) is 1. The number of ether oxygens (including phenoxy) is 1. The van der Waals surface area contributed by atoms with Crippen LogP contribution in [-0.4, -0.2) is 18.2 Å². The normalized spacial score (nSPS) is 11.8. The number of aliphatic hydroxyl groups excluding tert-OH is 1. The number of furan rings is 1. The first-order valence-corrected chi connectivity index (χ1v) is 3.92. The Morgan fingerprint density at radius 3 is 3.07 bits per heavy atom. The minimum absolute atomic E-state index is 0.0134. The molecule has 1 N–H and O–H groups in total. The van der Waals surface area contributed by atoms with Crippen molar-refractivity contribution in [3.8, 4) is 6.07 Å². The summed E-state index contributed by atoms with van der Waals surface area (Å²) in [6.45, 7) is 0. The SMILES string of the molecule is COC(=O)c1ccc(C(O)CC#N)o1. The lowest BCUT2D eigenvalue weighted by atomic mass is 10.2. The molecule has 1 aromatic heterocycles. The van der Waals surface area contributed by atoms with E-state index in [9.17, 15) is 9.90 Å². The van der Waals surface area contributed by atoms with E-state index in [0.29, 0.717) is 0 Å². The maximum absolute atomic E-state index is 10.9. The van der Waals surface area contributed by atoms with Crippen LogP contribution in [0.2, 0.25) is 0 Å². The van der Waals surface area contributed by atoms with Crippen molar-refractivity contribution in [2.24, 2.45) is 0 Å². The zero-order valence-corrected chi connectivity index (χ0v) is 7.56. The lowest BCUT2D eigenvalue weighted by Crippen LogP contribution is -1.99. The van der Waals surface area contributed by atoms with E-state index in [0.717, 1.165) is 0 Å². The van der Waals surface area contributed by atoms with E-state index in [4.69, 9.17) is 9.68 Å². The first-order chi connectivity index (χ1) is 6.69. The number of esters is 1. The Morgan fingerprint density at radius 1 is 1.79 bits per heavy atom. The van der Waals surface area contributed by atoms with Crippen LogP contribution in [0.5, 0.6) is 0 Å². The second kappa shape index (κ2) is 4.44. The predicted molar refractivity (Wildman–Crippen MR) is 45.2 cm³/mol. The highest BCUT2D eigenvalue weighted by molar-refractivity contribution is 5.86. The van der Waals surface area contributed by atoms with E-state index >= 15 is 0 Å². The van der Waals surface area contributed by atoms with Crippen LogP contribution in [0, 0.1) is 11.3 Å². The Morgan fingerprint density at radius 2 is 2.50 bits per heavy atom. The third kappa shape index (κ3) is 2.12. The molecule has 0 amide bonds. The van der Waals surface area contributed by atoms with Gasteiger partial charge in [-0.1, -0.05) is 0 Å². The summed E-state index contributed by atoms with van der Waals surface area (Å²) in [5.74, 6) is -0.410. The molecular weight excluding hydrogens is 186 g/mol. The molecule has 0 radical (unpaired) electrons. The topological polar surface area (TPSA) is 83.5 Å². The van der Waals surface area contributed by atoms with Gasteiger partial charge in [-0.2, -0.15) is 5.26 Å². The standard InChI is InChI=1S/C9H9NO4/c1-13-9(12)8-3-2-7(14-8)6(11)4-5-10/h2-3,6,11H,4H2,1H3. The van der Waals surface area contributed by atoms with Gasteiger partial charge < -0.3 is 14.3 Å². The van der Waals surface area contributed by atoms with Gasteiger partial charge in [-0.25, -0.2) is 4.79 Å². The number of aliphatic hydroxyl groups is 1. The third-order valence-electron chi connectivity index (χ3n) is 1.63. The molecule has 1 unspecified atom stereocenters. The minimum Gasteiger partial charge on any atom is -0.463 e. The maximum atomic E-state index is 10.9. The number of carbonyl (C=O) groups excluding carboxylic acids is 1. The average Bonchev–Trinajstić information content (AvgIpc) is 2.66. The fraction of sp³-hybridized carbons (Fsp3) is 0.333. The van der Waals surface area contributed by atoms with Gasteiger partial charge in [0.1, 0.15) is 11.9 Å². The zero-order valence-electron chi connectivity index (χ0n) is 7.56.